The molecule has 0 amide bonds. The van der Waals surface area contributed by atoms with Gasteiger partial charge in [-0.25, -0.2) is 4.98 Å². The third-order valence-electron chi connectivity index (χ3n) is 4.90. The highest BCUT2D eigenvalue weighted by molar-refractivity contribution is 6.36. The molecule has 0 aliphatic carbocycles. The number of benzene rings is 1. The van der Waals surface area contributed by atoms with Crippen molar-refractivity contribution in [3.8, 4) is 11.1 Å². The van der Waals surface area contributed by atoms with Crippen molar-refractivity contribution in [2.24, 2.45) is 5.73 Å². The maximum Gasteiger partial charge on any atom is 0.162 e. The molecule has 142 valence electrons. The highest BCUT2D eigenvalue weighted by Crippen LogP contribution is 2.38. The molecule has 3 N–H and O–H groups in total. The number of aromatic nitrogens is 2. The molecule has 0 spiro atoms. The first-order valence-electron chi connectivity index (χ1n) is 8.83. The SMILES string of the molecule is CNc1c(CN)c(-c2ccc(Cl)cc2Cl)cn2c(N3CCOCC3)cnc12. The number of nitrogens with one attached hydrogen (secondary N) is 1. The van der Waals surface area contributed by atoms with E-state index in [1.54, 1.807) is 6.07 Å². The summed E-state index contributed by atoms with van der Waals surface area (Å²) < 4.78 is 7.57. The van der Waals surface area contributed by atoms with Gasteiger partial charge in [-0.3, -0.25) is 4.40 Å². The minimum absolute atomic E-state index is 0.362. The van der Waals surface area contributed by atoms with E-state index in [-0.39, 0.29) is 0 Å². The Bertz CT molecular complexity index is 982. The molecule has 4 rings (SSSR count). The van der Waals surface area contributed by atoms with E-state index in [0.29, 0.717) is 29.8 Å². The van der Waals surface area contributed by atoms with Crippen molar-refractivity contribution in [2.75, 3.05) is 43.6 Å². The summed E-state index contributed by atoms with van der Waals surface area (Å²) in [5, 5.41) is 4.46. The number of nitrogens with two attached hydrogens (primary N) is 1. The Morgan fingerprint density at radius 3 is 2.67 bits per heavy atom. The highest BCUT2D eigenvalue weighted by atomic mass is 35.5. The monoisotopic (exact) mass is 405 g/mol. The van der Waals surface area contributed by atoms with Crippen LogP contribution in [0.4, 0.5) is 11.5 Å². The maximum absolute atomic E-state index is 6.50. The Balaban J connectivity index is 1.96. The van der Waals surface area contributed by atoms with E-state index in [9.17, 15) is 0 Å². The molecule has 0 atom stereocenters. The van der Waals surface area contributed by atoms with Crippen LogP contribution >= 0.6 is 23.2 Å². The molecule has 1 saturated heterocycles. The first kappa shape index (κ1) is 18.4. The van der Waals surface area contributed by atoms with E-state index in [4.69, 9.17) is 33.7 Å². The molecule has 0 radical (unpaired) electrons. The van der Waals surface area contributed by atoms with Crippen LogP contribution in [-0.2, 0) is 11.3 Å². The second kappa shape index (κ2) is 7.56. The molecule has 6 nitrogen and oxygen atoms in total. The summed E-state index contributed by atoms with van der Waals surface area (Å²) in [6, 6.07) is 5.51. The minimum atomic E-state index is 0.362. The van der Waals surface area contributed by atoms with Crippen LogP contribution < -0.4 is 16.0 Å². The van der Waals surface area contributed by atoms with Crippen LogP contribution in [0, 0.1) is 0 Å². The molecule has 0 bridgehead atoms. The lowest BCUT2D eigenvalue weighted by molar-refractivity contribution is 0.122. The molecule has 3 aromatic rings. The maximum atomic E-state index is 6.50. The summed E-state index contributed by atoms with van der Waals surface area (Å²) in [6.45, 7) is 3.45. The molecule has 1 aliphatic rings. The Hall–Kier alpha value is -1.99. The van der Waals surface area contributed by atoms with Gasteiger partial charge in [0.05, 0.1) is 25.1 Å². The van der Waals surface area contributed by atoms with Gasteiger partial charge in [0.1, 0.15) is 5.82 Å². The van der Waals surface area contributed by atoms with Crippen molar-refractivity contribution < 1.29 is 4.74 Å². The van der Waals surface area contributed by atoms with Crippen LogP contribution in [0.15, 0.2) is 30.6 Å². The number of rotatable bonds is 4. The van der Waals surface area contributed by atoms with E-state index in [0.717, 1.165) is 46.9 Å². The predicted octanol–water partition coefficient (Wildman–Crippen LogP) is 3.65. The van der Waals surface area contributed by atoms with Gasteiger partial charge in [-0.15, -0.1) is 0 Å². The lowest BCUT2D eigenvalue weighted by Gasteiger charge is -2.28. The van der Waals surface area contributed by atoms with Crippen LogP contribution in [0.5, 0.6) is 0 Å². The smallest absolute Gasteiger partial charge is 0.162 e. The van der Waals surface area contributed by atoms with E-state index in [1.165, 1.54) is 0 Å². The summed E-state index contributed by atoms with van der Waals surface area (Å²) in [6.07, 6.45) is 3.96. The quantitative estimate of drug-likeness (QED) is 0.693. The van der Waals surface area contributed by atoms with Gasteiger partial charge < -0.3 is 20.7 Å². The summed E-state index contributed by atoms with van der Waals surface area (Å²) in [5.74, 6) is 1.03. The summed E-state index contributed by atoms with van der Waals surface area (Å²) in [5.41, 5.74) is 10.7. The van der Waals surface area contributed by atoms with Crippen molar-refractivity contribution in [3.63, 3.8) is 0 Å². The van der Waals surface area contributed by atoms with Gasteiger partial charge in [0.15, 0.2) is 5.65 Å². The Morgan fingerprint density at radius 1 is 1.22 bits per heavy atom. The topological polar surface area (TPSA) is 67.8 Å². The number of hydrogen-bond acceptors (Lipinski definition) is 5. The van der Waals surface area contributed by atoms with Gasteiger partial charge in [0.25, 0.3) is 0 Å². The molecule has 3 heterocycles. The van der Waals surface area contributed by atoms with E-state index >= 15 is 0 Å². The Labute approximate surface area is 167 Å². The van der Waals surface area contributed by atoms with Gasteiger partial charge >= 0.3 is 0 Å². The number of morpholine rings is 1. The number of imidazole rings is 1. The first-order valence-corrected chi connectivity index (χ1v) is 9.58. The van der Waals surface area contributed by atoms with Gasteiger partial charge in [0, 0.05) is 59.6 Å². The lowest BCUT2D eigenvalue weighted by Crippen LogP contribution is -2.36. The largest absolute Gasteiger partial charge is 0.385 e. The highest BCUT2D eigenvalue weighted by Gasteiger charge is 2.21. The second-order valence-corrected chi connectivity index (χ2v) is 7.23. The predicted molar refractivity (Wildman–Crippen MR) is 111 cm³/mol. The number of ether oxygens (including phenoxy) is 1. The number of nitrogens with zero attached hydrogens (tertiary/aromatic N) is 3. The first-order chi connectivity index (χ1) is 13.1. The van der Waals surface area contributed by atoms with Crippen LogP contribution in [0.25, 0.3) is 16.8 Å². The molecular weight excluding hydrogens is 385 g/mol. The Morgan fingerprint density at radius 2 is 2.00 bits per heavy atom. The zero-order chi connectivity index (χ0) is 19.0. The molecular formula is C19H21Cl2N5O. The fraction of sp³-hybridized carbons (Fsp3) is 0.316. The van der Waals surface area contributed by atoms with E-state index in [2.05, 4.69) is 25.8 Å². The number of pyridine rings is 1. The third kappa shape index (κ3) is 3.23. The van der Waals surface area contributed by atoms with Crippen molar-refractivity contribution in [2.45, 2.75) is 6.54 Å². The van der Waals surface area contributed by atoms with Crippen LogP contribution in [-0.4, -0.2) is 42.7 Å². The average Bonchev–Trinajstić information content (AvgIpc) is 3.11. The number of anilines is 2. The summed E-state index contributed by atoms with van der Waals surface area (Å²) in [7, 11) is 1.88. The van der Waals surface area contributed by atoms with Gasteiger partial charge in [-0.05, 0) is 12.1 Å². The summed E-state index contributed by atoms with van der Waals surface area (Å²) >= 11 is 12.6. The van der Waals surface area contributed by atoms with Crippen molar-refractivity contribution in [1.82, 2.24) is 9.38 Å². The summed E-state index contributed by atoms with van der Waals surface area (Å²) in [4.78, 5) is 6.93. The van der Waals surface area contributed by atoms with Gasteiger partial charge in [-0.2, -0.15) is 0 Å². The number of halogens is 2. The lowest BCUT2D eigenvalue weighted by atomic mass is 10.00. The van der Waals surface area contributed by atoms with Gasteiger partial charge in [-0.1, -0.05) is 29.3 Å². The van der Waals surface area contributed by atoms with Crippen molar-refractivity contribution >= 4 is 40.4 Å². The minimum Gasteiger partial charge on any atom is -0.385 e. The fourth-order valence-corrected chi connectivity index (χ4v) is 4.09. The average molecular weight is 406 g/mol. The molecule has 27 heavy (non-hydrogen) atoms. The van der Waals surface area contributed by atoms with E-state index in [1.807, 2.05) is 25.4 Å². The van der Waals surface area contributed by atoms with E-state index < -0.39 is 0 Å². The van der Waals surface area contributed by atoms with Crippen LogP contribution in [0.3, 0.4) is 0 Å². The van der Waals surface area contributed by atoms with Crippen LogP contribution in [0.1, 0.15) is 5.56 Å². The molecule has 0 unspecified atom stereocenters. The van der Waals surface area contributed by atoms with Gasteiger partial charge in [0.2, 0.25) is 0 Å². The fourth-order valence-electron chi connectivity index (χ4n) is 3.58. The number of fused-ring (bicyclic) bond motifs is 1. The molecule has 1 fully saturated rings. The molecule has 1 aliphatic heterocycles. The standard InChI is InChI=1S/C19H21Cl2N5O/c1-23-18-14(9-22)15(13-3-2-12(20)8-16(13)21)11-26-17(10-24-19(18)26)25-4-6-27-7-5-25/h2-3,8,10-11,23H,4-7,9,22H2,1H3. The second-order valence-electron chi connectivity index (χ2n) is 6.38. The molecule has 0 saturated carbocycles. The molecule has 1 aromatic carbocycles. The Kier molecular flexibility index (Phi) is 5.14. The van der Waals surface area contributed by atoms with Crippen molar-refractivity contribution in [1.29, 1.82) is 0 Å². The number of hydrogen-bond donors (Lipinski definition) is 2. The normalized spacial score (nSPS) is 14.7. The van der Waals surface area contributed by atoms with Crippen LogP contribution in [0.2, 0.25) is 10.0 Å². The molecule has 2 aromatic heterocycles. The third-order valence-corrected chi connectivity index (χ3v) is 5.44. The molecule has 8 heteroatoms. The zero-order valence-electron chi connectivity index (χ0n) is 15.0. The zero-order valence-corrected chi connectivity index (χ0v) is 16.5. The van der Waals surface area contributed by atoms with Crippen molar-refractivity contribution in [3.05, 3.63) is 46.2 Å².